The number of rotatable bonds is 5. The van der Waals surface area contributed by atoms with E-state index in [4.69, 9.17) is 4.74 Å². The summed E-state index contributed by atoms with van der Waals surface area (Å²) >= 11 is 0. The smallest absolute Gasteiger partial charge is 0.227 e. The average Bonchev–Trinajstić information content (AvgIpc) is 2.64. The first-order valence-electron chi connectivity index (χ1n) is 8.98. The monoisotopic (exact) mass is 338 g/mol. The van der Waals surface area contributed by atoms with Crippen molar-refractivity contribution >= 4 is 11.6 Å². The highest BCUT2D eigenvalue weighted by Gasteiger charge is 2.26. The second kappa shape index (κ2) is 8.06. The Bertz CT molecular complexity index is 685. The zero-order chi connectivity index (χ0) is 17.6. The largest absolute Gasteiger partial charge is 0.494 e. The summed E-state index contributed by atoms with van der Waals surface area (Å²) < 4.78 is 5.45. The van der Waals surface area contributed by atoms with Crippen LogP contribution in [0.25, 0.3) is 0 Å². The van der Waals surface area contributed by atoms with E-state index in [-0.39, 0.29) is 5.91 Å². The van der Waals surface area contributed by atoms with Crippen molar-refractivity contribution in [3.63, 3.8) is 0 Å². The number of ether oxygens (including phenoxy) is 1. The molecule has 0 saturated carbocycles. The summed E-state index contributed by atoms with van der Waals surface area (Å²) in [7, 11) is 0. The number of anilines is 1. The van der Waals surface area contributed by atoms with Gasteiger partial charge in [0, 0.05) is 31.4 Å². The van der Waals surface area contributed by atoms with Crippen molar-refractivity contribution in [2.45, 2.75) is 26.3 Å². The molecule has 2 aromatic carbocycles. The number of hydrogen-bond donors (Lipinski definition) is 0. The van der Waals surface area contributed by atoms with E-state index in [0.29, 0.717) is 19.1 Å². The third kappa shape index (κ3) is 4.32. The fourth-order valence-corrected chi connectivity index (χ4v) is 3.34. The van der Waals surface area contributed by atoms with Crippen molar-refractivity contribution in [1.82, 2.24) is 4.90 Å². The van der Waals surface area contributed by atoms with Crippen LogP contribution in [0.3, 0.4) is 0 Å². The number of hydrogen-bond acceptors (Lipinski definition) is 3. The molecule has 0 aromatic heterocycles. The summed E-state index contributed by atoms with van der Waals surface area (Å²) in [5.41, 5.74) is 2.26. The van der Waals surface area contributed by atoms with Crippen molar-refractivity contribution in [3.05, 3.63) is 60.2 Å². The van der Waals surface area contributed by atoms with E-state index in [1.807, 2.05) is 42.2 Å². The van der Waals surface area contributed by atoms with Crippen LogP contribution in [0, 0.1) is 0 Å². The molecule has 1 heterocycles. The number of piperazine rings is 1. The average molecular weight is 338 g/mol. The first kappa shape index (κ1) is 17.3. The highest BCUT2D eigenvalue weighted by atomic mass is 16.5. The molecular weight excluding hydrogens is 312 g/mol. The molecule has 132 valence electrons. The molecule has 1 aliphatic rings. The van der Waals surface area contributed by atoms with Gasteiger partial charge in [0.2, 0.25) is 5.91 Å². The van der Waals surface area contributed by atoms with Gasteiger partial charge in [-0.3, -0.25) is 4.79 Å². The van der Waals surface area contributed by atoms with Crippen LogP contribution in [0.1, 0.15) is 19.4 Å². The normalized spacial score (nSPS) is 17.4. The minimum atomic E-state index is 0.198. The van der Waals surface area contributed by atoms with Crippen molar-refractivity contribution in [3.8, 4) is 5.75 Å². The molecule has 0 spiro atoms. The molecule has 1 unspecified atom stereocenters. The van der Waals surface area contributed by atoms with E-state index >= 15 is 0 Å². The Morgan fingerprint density at radius 2 is 1.80 bits per heavy atom. The van der Waals surface area contributed by atoms with Crippen LogP contribution in [0.5, 0.6) is 5.75 Å². The Morgan fingerprint density at radius 3 is 2.44 bits per heavy atom. The quantitative estimate of drug-likeness (QED) is 0.838. The van der Waals surface area contributed by atoms with Crippen LogP contribution in [0.15, 0.2) is 54.6 Å². The van der Waals surface area contributed by atoms with Gasteiger partial charge in [-0.05, 0) is 43.7 Å². The Morgan fingerprint density at radius 1 is 1.08 bits per heavy atom. The summed E-state index contributed by atoms with van der Waals surface area (Å²) in [4.78, 5) is 17.0. The van der Waals surface area contributed by atoms with E-state index in [2.05, 4.69) is 36.1 Å². The maximum atomic E-state index is 12.6. The van der Waals surface area contributed by atoms with Crippen molar-refractivity contribution in [1.29, 1.82) is 0 Å². The van der Waals surface area contributed by atoms with Gasteiger partial charge in [-0.1, -0.05) is 30.3 Å². The van der Waals surface area contributed by atoms with Crippen molar-refractivity contribution in [2.75, 3.05) is 31.1 Å². The molecule has 1 atom stereocenters. The highest BCUT2D eigenvalue weighted by Crippen LogP contribution is 2.21. The number of benzene rings is 2. The second-order valence-corrected chi connectivity index (χ2v) is 6.47. The predicted molar refractivity (Wildman–Crippen MR) is 101 cm³/mol. The van der Waals surface area contributed by atoms with E-state index in [1.165, 1.54) is 5.69 Å². The van der Waals surface area contributed by atoms with Gasteiger partial charge in [-0.25, -0.2) is 0 Å². The first-order valence-corrected chi connectivity index (χ1v) is 8.98. The van der Waals surface area contributed by atoms with Gasteiger partial charge in [-0.2, -0.15) is 0 Å². The predicted octanol–water partition coefficient (Wildman–Crippen LogP) is 3.37. The first-order chi connectivity index (χ1) is 12.2. The maximum Gasteiger partial charge on any atom is 0.227 e. The number of carbonyl (C=O) groups excluding carboxylic acids is 1. The summed E-state index contributed by atoms with van der Waals surface area (Å²) in [6, 6.07) is 18.6. The molecular formula is C21H26N2O2. The molecule has 4 nitrogen and oxygen atoms in total. The Balaban J connectivity index is 1.57. The Labute approximate surface area is 150 Å². The zero-order valence-electron chi connectivity index (χ0n) is 15.0. The van der Waals surface area contributed by atoms with Crippen LogP contribution in [-0.4, -0.2) is 43.1 Å². The number of amides is 1. The summed E-state index contributed by atoms with van der Waals surface area (Å²) in [6.07, 6.45) is 0.449. The van der Waals surface area contributed by atoms with Crippen LogP contribution >= 0.6 is 0 Å². The minimum absolute atomic E-state index is 0.198. The molecule has 1 aliphatic heterocycles. The van der Waals surface area contributed by atoms with Gasteiger partial charge in [0.1, 0.15) is 5.75 Å². The van der Waals surface area contributed by atoms with Crippen LogP contribution < -0.4 is 9.64 Å². The van der Waals surface area contributed by atoms with Gasteiger partial charge in [-0.15, -0.1) is 0 Å². The zero-order valence-corrected chi connectivity index (χ0v) is 15.0. The van der Waals surface area contributed by atoms with Gasteiger partial charge in [0.25, 0.3) is 0 Å². The topological polar surface area (TPSA) is 32.8 Å². The second-order valence-electron chi connectivity index (χ2n) is 6.47. The molecule has 1 saturated heterocycles. The summed E-state index contributed by atoms with van der Waals surface area (Å²) in [6.45, 7) is 7.22. The molecule has 2 aromatic rings. The Kier molecular flexibility index (Phi) is 5.59. The summed E-state index contributed by atoms with van der Waals surface area (Å²) in [5.74, 6) is 1.05. The molecule has 0 aliphatic carbocycles. The molecule has 0 radical (unpaired) electrons. The highest BCUT2D eigenvalue weighted by molar-refractivity contribution is 5.79. The summed E-state index contributed by atoms with van der Waals surface area (Å²) in [5, 5.41) is 0. The lowest BCUT2D eigenvalue weighted by Gasteiger charge is -2.41. The molecule has 1 fully saturated rings. The van der Waals surface area contributed by atoms with Crippen LogP contribution in [0.2, 0.25) is 0 Å². The standard InChI is InChI=1S/C21H26N2O2/c1-3-25-20-11-9-18(10-12-20)15-21(24)22-13-14-23(17(2)16-22)19-7-5-4-6-8-19/h4-12,17H,3,13-16H2,1-2H3. The fourth-order valence-electron chi connectivity index (χ4n) is 3.34. The third-order valence-electron chi connectivity index (χ3n) is 4.66. The molecule has 4 heteroatoms. The molecule has 0 N–H and O–H groups in total. The lowest BCUT2D eigenvalue weighted by atomic mass is 10.1. The van der Waals surface area contributed by atoms with Crippen molar-refractivity contribution in [2.24, 2.45) is 0 Å². The SMILES string of the molecule is CCOc1ccc(CC(=O)N2CCN(c3ccccc3)C(C)C2)cc1. The third-order valence-corrected chi connectivity index (χ3v) is 4.66. The number of para-hydroxylation sites is 1. The number of nitrogens with zero attached hydrogens (tertiary/aromatic N) is 2. The van der Waals surface area contributed by atoms with Gasteiger partial charge >= 0.3 is 0 Å². The van der Waals surface area contributed by atoms with Crippen LogP contribution in [0.4, 0.5) is 5.69 Å². The molecule has 3 rings (SSSR count). The van der Waals surface area contributed by atoms with Gasteiger partial charge in [0.15, 0.2) is 0 Å². The lowest BCUT2D eigenvalue weighted by Crippen LogP contribution is -2.54. The molecule has 25 heavy (non-hydrogen) atoms. The van der Waals surface area contributed by atoms with Crippen molar-refractivity contribution < 1.29 is 9.53 Å². The van der Waals surface area contributed by atoms with Gasteiger partial charge < -0.3 is 14.5 Å². The fraction of sp³-hybridized carbons (Fsp3) is 0.381. The molecule has 1 amide bonds. The van der Waals surface area contributed by atoms with Gasteiger partial charge in [0.05, 0.1) is 13.0 Å². The van der Waals surface area contributed by atoms with E-state index in [0.717, 1.165) is 30.9 Å². The lowest BCUT2D eigenvalue weighted by molar-refractivity contribution is -0.131. The molecule has 0 bridgehead atoms. The minimum Gasteiger partial charge on any atom is -0.494 e. The number of carbonyl (C=O) groups is 1. The Hall–Kier alpha value is -2.49. The maximum absolute atomic E-state index is 12.6. The van der Waals surface area contributed by atoms with E-state index in [1.54, 1.807) is 0 Å². The van der Waals surface area contributed by atoms with Crippen LogP contribution in [-0.2, 0) is 11.2 Å². The van der Waals surface area contributed by atoms with E-state index in [9.17, 15) is 4.79 Å². The van der Waals surface area contributed by atoms with E-state index < -0.39 is 0 Å².